The highest BCUT2D eigenvalue weighted by Gasteiger charge is 2.17. The Hall–Kier alpha value is -3.06. The molecule has 0 saturated carbocycles. The van der Waals surface area contributed by atoms with Gasteiger partial charge in [-0.1, -0.05) is 6.07 Å². The number of carbonyl (C=O) groups is 2. The molecule has 2 amide bonds. The molecule has 2 N–H and O–H groups in total. The minimum Gasteiger partial charge on any atom is -0.484 e. The van der Waals surface area contributed by atoms with Crippen LogP contribution in [-0.2, 0) is 4.79 Å². The largest absolute Gasteiger partial charge is 0.484 e. The van der Waals surface area contributed by atoms with Gasteiger partial charge in [0.15, 0.2) is 6.61 Å². The molecule has 0 unspecified atom stereocenters. The number of nitrogens with one attached hydrogen (secondary N) is 2. The van der Waals surface area contributed by atoms with E-state index in [2.05, 4.69) is 15.2 Å². The summed E-state index contributed by atoms with van der Waals surface area (Å²) in [5, 5.41) is 7.50. The van der Waals surface area contributed by atoms with E-state index < -0.39 is 0 Å². The standard InChI is InChI=1S/C21H23N3O3S/c1-4-22-19(25)13-27-17-7-5-6-16(12-17)23-21(26)20-18(10-11-28-20)24-14(2)8-9-15(24)3/h5-12H,4,13H2,1-3H3,(H,22,25)(H,23,26). The maximum Gasteiger partial charge on any atom is 0.267 e. The fourth-order valence-electron chi connectivity index (χ4n) is 2.95. The van der Waals surface area contributed by atoms with Crippen molar-refractivity contribution in [2.75, 3.05) is 18.5 Å². The Morgan fingerprint density at radius 3 is 2.57 bits per heavy atom. The van der Waals surface area contributed by atoms with Crippen molar-refractivity contribution in [2.24, 2.45) is 0 Å². The number of hydrogen-bond acceptors (Lipinski definition) is 4. The van der Waals surface area contributed by atoms with Gasteiger partial charge < -0.3 is 19.9 Å². The minimum atomic E-state index is -0.183. The third kappa shape index (κ3) is 4.43. The fraction of sp³-hybridized carbons (Fsp3) is 0.238. The number of carbonyl (C=O) groups excluding carboxylic acids is 2. The van der Waals surface area contributed by atoms with Gasteiger partial charge in [0.1, 0.15) is 10.6 Å². The van der Waals surface area contributed by atoms with Gasteiger partial charge in [-0.2, -0.15) is 0 Å². The first-order valence-electron chi connectivity index (χ1n) is 9.03. The molecule has 6 nitrogen and oxygen atoms in total. The highest BCUT2D eigenvalue weighted by Crippen LogP contribution is 2.26. The lowest BCUT2D eigenvalue weighted by molar-refractivity contribution is -0.122. The third-order valence-electron chi connectivity index (χ3n) is 4.20. The van der Waals surface area contributed by atoms with E-state index in [9.17, 15) is 9.59 Å². The van der Waals surface area contributed by atoms with Gasteiger partial charge in [-0.3, -0.25) is 9.59 Å². The first-order chi connectivity index (χ1) is 13.5. The van der Waals surface area contributed by atoms with E-state index in [0.717, 1.165) is 17.1 Å². The number of rotatable bonds is 7. The highest BCUT2D eigenvalue weighted by molar-refractivity contribution is 7.12. The van der Waals surface area contributed by atoms with Crippen molar-refractivity contribution in [3.8, 4) is 11.4 Å². The summed E-state index contributed by atoms with van der Waals surface area (Å²) in [6, 6.07) is 13.0. The quantitative estimate of drug-likeness (QED) is 0.635. The van der Waals surface area contributed by atoms with Crippen LogP contribution in [0.15, 0.2) is 47.8 Å². The number of aromatic nitrogens is 1. The Morgan fingerprint density at radius 1 is 1.11 bits per heavy atom. The van der Waals surface area contributed by atoms with E-state index >= 15 is 0 Å². The Balaban J connectivity index is 1.74. The molecule has 0 fully saturated rings. The van der Waals surface area contributed by atoms with Crippen LogP contribution in [0.2, 0.25) is 0 Å². The van der Waals surface area contributed by atoms with Crippen LogP contribution < -0.4 is 15.4 Å². The van der Waals surface area contributed by atoms with Gasteiger partial charge in [-0.25, -0.2) is 0 Å². The summed E-state index contributed by atoms with van der Waals surface area (Å²) in [4.78, 5) is 25.0. The molecule has 146 valence electrons. The van der Waals surface area contributed by atoms with E-state index in [0.29, 0.717) is 22.9 Å². The van der Waals surface area contributed by atoms with E-state index in [-0.39, 0.29) is 18.4 Å². The van der Waals surface area contributed by atoms with Gasteiger partial charge in [0.2, 0.25) is 0 Å². The molecule has 3 aromatic rings. The molecule has 28 heavy (non-hydrogen) atoms. The molecule has 7 heteroatoms. The summed E-state index contributed by atoms with van der Waals surface area (Å²) >= 11 is 1.40. The lowest BCUT2D eigenvalue weighted by atomic mass is 10.2. The minimum absolute atomic E-state index is 0.0630. The first kappa shape index (κ1) is 19.7. The van der Waals surface area contributed by atoms with Gasteiger partial charge in [0.25, 0.3) is 11.8 Å². The summed E-state index contributed by atoms with van der Waals surface area (Å²) < 4.78 is 7.55. The number of thiophene rings is 1. The van der Waals surface area contributed by atoms with Crippen LogP contribution in [0.25, 0.3) is 5.69 Å². The van der Waals surface area contributed by atoms with Crippen LogP contribution in [0.1, 0.15) is 28.0 Å². The van der Waals surface area contributed by atoms with E-state index in [4.69, 9.17) is 4.74 Å². The lowest BCUT2D eigenvalue weighted by Gasteiger charge is -2.12. The molecule has 0 bridgehead atoms. The number of likely N-dealkylation sites (N-methyl/N-ethyl adjacent to an activating group) is 1. The zero-order valence-corrected chi connectivity index (χ0v) is 16.9. The maximum atomic E-state index is 12.9. The van der Waals surface area contributed by atoms with Crippen molar-refractivity contribution >= 4 is 28.8 Å². The molecule has 0 radical (unpaired) electrons. The molecule has 2 aromatic heterocycles. The molecule has 0 aliphatic carbocycles. The third-order valence-corrected chi connectivity index (χ3v) is 5.10. The Morgan fingerprint density at radius 2 is 1.86 bits per heavy atom. The van der Waals surface area contributed by atoms with Crippen LogP contribution in [0.4, 0.5) is 5.69 Å². The number of amides is 2. The predicted molar refractivity (Wildman–Crippen MR) is 112 cm³/mol. The second kappa shape index (κ2) is 8.75. The normalized spacial score (nSPS) is 10.5. The first-order valence-corrected chi connectivity index (χ1v) is 9.91. The number of aryl methyl sites for hydroxylation is 2. The summed E-state index contributed by atoms with van der Waals surface area (Å²) in [6.45, 7) is 6.38. The highest BCUT2D eigenvalue weighted by atomic mass is 32.1. The summed E-state index contributed by atoms with van der Waals surface area (Å²) in [6.07, 6.45) is 0. The van der Waals surface area contributed by atoms with Crippen LogP contribution in [0.3, 0.4) is 0 Å². The summed E-state index contributed by atoms with van der Waals surface area (Å²) in [5.74, 6) is 0.156. The zero-order valence-electron chi connectivity index (χ0n) is 16.1. The second-order valence-corrected chi connectivity index (χ2v) is 7.23. The van der Waals surface area contributed by atoms with Crippen molar-refractivity contribution in [1.29, 1.82) is 0 Å². The van der Waals surface area contributed by atoms with Crippen LogP contribution in [0, 0.1) is 13.8 Å². The smallest absolute Gasteiger partial charge is 0.267 e. The monoisotopic (exact) mass is 397 g/mol. The molecule has 0 aliphatic heterocycles. The molecule has 2 heterocycles. The van der Waals surface area contributed by atoms with Crippen molar-refractivity contribution in [3.05, 3.63) is 64.1 Å². The number of ether oxygens (including phenoxy) is 1. The van der Waals surface area contributed by atoms with Gasteiger partial charge >= 0.3 is 0 Å². The average molecular weight is 398 g/mol. The van der Waals surface area contributed by atoms with Crippen molar-refractivity contribution in [2.45, 2.75) is 20.8 Å². The number of anilines is 1. The Labute approximate surface area is 168 Å². The summed E-state index contributed by atoms with van der Waals surface area (Å²) in [7, 11) is 0. The number of nitrogens with zero attached hydrogens (tertiary/aromatic N) is 1. The topological polar surface area (TPSA) is 72.4 Å². The van der Waals surface area contributed by atoms with Crippen LogP contribution in [-0.4, -0.2) is 29.5 Å². The molecule has 0 atom stereocenters. The number of benzene rings is 1. The Kier molecular flexibility index (Phi) is 6.16. The van der Waals surface area contributed by atoms with Crippen LogP contribution in [0.5, 0.6) is 5.75 Å². The SMILES string of the molecule is CCNC(=O)COc1cccc(NC(=O)c2sccc2-n2c(C)ccc2C)c1. The predicted octanol–water partition coefficient (Wildman–Crippen LogP) is 3.92. The lowest BCUT2D eigenvalue weighted by Crippen LogP contribution is -2.28. The van der Waals surface area contributed by atoms with Gasteiger partial charge in [-0.05, 0) is 56.5 Å². The van der Waals surface area contributed by atoms with E-state index in [1.807, 2.05) is 44.4 Å². The molecule has 0 aliphatic rings. The van der Waals surface area contributed by atoms with Gasteiger partial charge in [0, 0.05) is 29.7 Å². The second-order valence-electron chi connectivity index (χ2n) is 6.31. The molecular formula is C21H23N3O3S. The van der Waals surface area contributed by atoms with Crippen LogP contribution >= 0.6 is 11.3 Å². The van der Waals surface area contributed by atoms with Crippen molar-refractivity contribution < 1.29 is 14.3 Å². The fourth-order valence-corrected chi connectivity index (χ4v) is 3.72. The Bertz CT molecular complexity index is 971. The van der Waals surface area contributed by atoms with E-state index in [1.165, 1.54) is 11.3 Å². The summed E-state index contributed by atoms with van der Waals surface area (Å²) in [5.41, 5.74) is 3.63. The average Bonchev–Trinajstić information content (AvgIpc) is 3.27. The van der Waals surface area contributed by atoms with Crippen molar-refractivity contribution in [3.63, 3.8) is 0 Å². The molecule has 3 rings (SSSR count). The van der Waals surface area contributed by atoms with Crippen molar-refractivity contribution in [1.82, 2.24) is 9.88 Å². The number of hydrogen-bond donors (Lipinski definition) is 2. The molecule has 0 spiro atoms. The van der Waals surface area contributed by atoms with E-state index in [1.54, 1.807) is 24.3 Å². The van der Waals surface area contributed by atoms with Gasteiger partial charge in [-0.15, -0.1) is 11.3 Å². The van der Waals surface area contributed by atoms with Gasteiger partial charge in [0.05, 0.1) is 5.69 Å². The molecule has 0 saturated heterocycles. The maximum absolute atomic E-state index is 12.9. The molecule has 1 aromatic carbocycles. The molecular weight excluding hydrogens is 374 g/mol. The zero-order chi connectivity index (χ0) is 20.1.